The van der Waals surface area contributed by atoms with Crippen LogP contribution in [0.4, 0.5) is 5.82 Å². The van der Waals surface area contributed by atoms with E-state index < -0.39 is 52.2 Å². The molecule has 1 aliphatic rings. The third-order valence-corrected chi connectivity index (χ3v) is 3.91. The van der Waals surface area contributed by atoms with Crippen molar-refractivity contribution in [1.82, 2.24) is 9.55 Å². The minimum absolute atomic E-state index is 0.151. The maximum atomic E-state index is 11.8. The Kier molecular flexibility index (Phi) is 6.53. The highest BCUT2D eigenvalue weighted by Crippen LogP contribution is 2.44. The lowest BCUT2D eigenvalue weighted by Crippen LogP contribution is -2.41. The molecule has 0 spiro atoms. The van der Waals surface area contributed by atoms with Gasteiger partial charge in [-0.1, -0.05) is 0 Å². The van der Waals surface area contributed by atoms with E-state index in [9.17, 15) is 24.1 Å². The monoisotopic (exact) mass is 435 g/mol. The zero-order valence-corrected chi connectivity index (χ0v) is 14.7. The molecule has 1 aromatic rings. The highest BCUT2D eigenvalue weighted by Gasteiger charge is 2.51. The van der Waals surface area contributed by atoms with Crippen molar-refractivity contribution < 1.29 is 57.7 Å². The molecular weight excluding hydrogens is 420 g/mol. The summed E-state index contributed by atoms with van der Waals surface area (Å²) in [5.74, 6) is -0.151. The van der Waals surface area contributed by atoms with Crippen LogP contribution in [-0.4, -0.2) is 63.9 Å². The van der Waals surface area contributed by atoms with Crippen molar-refractivity contribution in [2.45, 2.75) is 30.8 Å². The number of phosphoric acid groups is 2. The van der Waals surface area contributed by atoms with E-state index in [0.717, 1.165) is 12.3 Å². The van der Waals surface area contributed by atoms with E-state index in [2.05, 4.69) is 19.1 Å². The van der Waals surface area contributed by atoms with Crippen LogP contribution in [0.5, 0.6) is 0 Å². The van der Waals surface area contributed by atoms with E-state index >= 15 is 0 Å². The molecule has 0 saturated carbocycles. The normalized spacial score (nSPS) is 27.6. The van der Waals surface area contributed by atoms with E-state index in [1.54, 1.807) is 0 Å². The van der Waals surface area contributed by atoms with Crippen molar-refractivity contribution in [3.63, 3.8) is 0 Å². The number of rotatable bonds is 7. The van der Waals surface area contributed by atoms with Gasteiger partial charge in [0.25, 0.3) is 0 Å². The Hall–Kier alpha value is -1.26. The van der Waals surface area contributed by atoms with Gasteiger partial charge in [-0.3, -0.25) is 9.09 Å². The molecule has 1 aliphatic heterocycles. The molecule has 16 nitrogen and oxygen atoms in total. The van der Waals surface area contributed by atoms with Crippen LogP contribution in [-0.2, 0) is 28.0 Å². The molecule has 0 aliphatic carbocycles. The van der Waals surface area contributed by atoms with Crippen molar-refractivity contribution in [3.05, 3.63) is 22.7 Å². The summed E-state index contributed by atoms with van der Waals surface area (Å²) >= 11 is 0. The van der Waals surface area contributed by atoms with Crippen molar-refractivity contribution in [3.8, 4) is 0 Å². The first-order valence-corrected chi connectivity index (χ1v) is 9.85. The molecule has 0 amide bonds. The second-order valence-corrected chi connectivity index (χ2v) is 7.46. The summed E-state index contributed by atoms with van der Waals surface area (Å²) in [7, 11) is -10.6. The standard InChI is InChI=1S/C9H15N3O13P2/c10-3-1-2-12(9(15)11-3)7-5(14)4(13)6(22-7)8(24-26(16,17)18)23-25-27(19,20)21/h1-2,4-8,13-14H,(H2,10,11,15)(H2,16,17,18)(H2,19,20,21)/t4-,5+,6-,7+,8?/m0/s1. The average Bonchev–Trinajstić information content (AvgIpc) is 2.78. The number of nitrogen functional groups attached to an aromatic ring is 1. The van der Waals surface area contributed by atoms with Crippen LogP contribution in [0.2, 0.25) is 0 Å². The Morgan fingerprint density at radius 3 is 2.33 bits per heavy atom. The summed E-state index contributed by atoms with van der Waals surface area (Å²) in [6.45, 7) is 0. The molecule has 5 atom stereocenters. The number of hydrogen-bond acceptors (Lipinski definition) is 11. The molecular formula is C9H15N3O13P2. The maximum Gasteiger partial charge on any atom is 0.496 e. The Morgan fingerprint density at radius 1 is 1.19 bits per heavy atom. The van der Waals surface area contributed by atoms with Crippen molar-refractivity contribution >= 4 is 21.5 Å². The average molecular weight is 435 g/mol. The SMILES string of the molecule is Nc1ccn([C@@H]2O[C@H](C(OOP(=O)(O)O)OP(=O)(O)O)[C@@H](O)[C@H]2O)c(=O)n1. The zero-order valence-electron chi connectivity index (χ0n) is 12.9. The second-order valence-electron chi connectivity index (χ2n) is 5.14. The molecule has 2 rings (SSSR count). The fraction of sp³-hybridized carbons (Fsp3) is 0.556. The third kappa shape index (κ3) is 5.86. The van der Waals surface area contributed by atoms with Crippen molar-refractivity contribution in [1.29, 1.82) is 0 Å². The Labute approximate surface area is 149 Å². The third-order valence-electron chi connectivity index (χ3n) is 3.15. The van der Waals surface area contributed by atoms with Gasteiger partial charge in [0.1, 0.15) is 24.1 Å². The highest BCUT2D eigenvalue weighted by molar-refractivity contribution is 7.46. The lowest BCUT2D eigenvalue weighted by atomic mass is 10.1. The van der Waals surface area contributed by atoms with Gasteiger partial charge in [-0.2, -0.15) is 9.87 Å². The van der Waals surface area contributed by atoms with Gasteiger partial charge in [0.15, 0.2) is 6.23 Å². The molecule has 1 aromatic heterocycles. The zero-order chi connectivity index (χ0) is 20.6. The number of nitrogens with zero attached hydrogens (tertiary/aromatic N) is 2. The first-order chi connectivity index (χ1) is 12.3. The predicted octanol–water partition coefficient (Wildman–Crippen LogP) is -3.08. The maximum absolute atomic E-state index is 11.8. The Morgan fingerprint density at radius 2 is 1.81 bits per heavy atom. The number of aliphatic hydroxyl groups excluding tert-OH is 2. The van der Waals surface area contributed by atoms with Crippen molar-refractivity contribution in [2.75, 3.05) is 5.73 Å². The van der Waals surface area contributed by atoms with Crippen LogP contribution in [0.25, 0.3) is 0 Å². The van der Waals surface area contributed by atoms with Gasteiger partial charge in [-0.05, 0) is 6.07 Å². The number of aliphatic hydroxyl groups is 2. The first-order valence-electron chi connectivity index (χ1n) is 6.79. The number of phosphoric ester groups is 1. The quantitative estimate of drug-likeness (QED) is 0.0970. The van der Waals surface area contributed by atoms with Crippen LogP contribution < -0.4 is 11.4 Å². The second kappa shape index (κ2) is 8.00. The van der Waals surface area contributed by atoms with Crippen LogP contribution in [0.3, 0.4) is 0 Å². The number of nitrogens with two attached hydrogens (primary N) is 1. The fourth-order valence-electron chi connectivity index (χ4n) is 2.13. The van der Waals surface area contributed by atoms with Crippen LogP contribution in [0.1, 0.15) is 6.23 Å². The lowest BCUT2D eigenvalue weighted by molar-refractivity contribution is -0.338. The first kappa shape index (κ1) is 22.0. The molecule has 8 N–H and O–H groups in total. The van der Waals surface area contributed by atoms with Gasteiger partial charge >= 0.3 is 21.3 Å². The number of hydrogen-bond donors (Lipinski definition) is 7. The predicted molar refractivity (Wildman–Crippen MR) is 80.0 cm³/mol. The highest BCUT2D eigenvalue weighted by atomic mass is 31.2. The minimum Gasteiger partial charge on any atom is -0.387 e. The topological polar surface area (TPSA) is 253 Å². The van der Waals surface area contributed by atoms with Gasteiger partial charge in [0.2, 0.25) is 6.29 Å². The van der Waals surface area contributed by atoms with Crippen LogP contribution >= 0.6 is 15.6 Å². The summed E-state index contributed by atoms with van der Waals surface area (Å²) < 4.78 is 35.3. The molecule has 18 heteroatoms. The molecule has 1 unspecified atom stereocenters. The smallest absolute Gasteiger partial charge is 0.387 e. The van der Waals surface area contributed by atoms with Gasteiger partial charge in [0, 0.05) is 6.20 Å². The lowest BCUT2D eigenvalue weighted by Gasteiger charge is -2.24. The Balaban J connectivity index is 2.29. The van der Waals surface area contributed by atoms with E-state index in [1.807, 2.05) is 0 Å². The molecule has 27 heavy (non-hydrogen) atoms. The minimum atomic E-state index is -5.34. The van der Waals surface area contributed by atoms with Gasteiger partial charge in [-0.25, -0.2) is 13.9 Å². The molecule has 1 fully saturated rings. The van der Waals surface area contributed by atoms with E-state index in [0.29, 0.717) is 4.57 Å². The molecule has 0 radical (unpaired) electrons. The van der Waals surface area contributed by atoms with Crippen LogP contribution in [0, 0.1) is 0 Å². The summed E-state index contributed by atoms with van der Waals surface area (Å²) in [5, 5.41) is 20.1. The number of aromatic nitrogens is 2. The Bertz CT molecular complexity index is 819. The molecule has 2 heterocycles. The van der Waals surface area contributed by atoms with E-state index in [-0.39, 0.29) is 5.82 Å². The van der Waals surface area contributed by atoms with Gasteiger partial charge < -0.3 is 40.3 Å². The summed E-state index contributed by atoms with van der Waals surface area (Å²) in [6, 6.07) is 1.16. The number of ether oxygens (including phenoxy) is 1. The fourth-order valence-corrected chi connectivity index (χ4v) is 2.75. The van der Waals surface area contributed by atoms with Gasteiger partial charge in [-0.15, -0.1) is 4.67 Å². The molecule has 1 saturated heterocycles. The summed E-state index contributed by atoms with van der Waals surface area (Å²) in [4.78, 5) is 54.3. The van der Waals surface area contributed by atoms with Crippen molar-refractivity contribution in [2.24, 2.45) is 0 Å². The van der Waals surface area contributed by atoms with Crippen LogP contribution in [0.15, 0.2) is 17.1 Å². The van der Waals surface area contributed by atoms with Gasteiger partial charge in [0.05, 0.1) is 0 Å². The largest absolute Gasteiger partial charge is 0.496 e. The molecule has 0 aromatic carbocycles. The van der Waals surface area contributed by atoms with E-state index in [1.165, 1.54) is 0 Å². The van der Waals surface area contributed by atoms with E-state index in [4.69, 9.17) is 30.0 Å². The number of anilines is 1. The molecule has 0 bridgehead atoms. The summed E-state index contributed by atoms with van der Waals surface area (Å²) in [6.07, 6.45) is -8.79. The molecule has 154 valence electrons. The summed E-state index contributed by atoms with van der Waals surface area (Å²) in [5.41, 5.74) is 4.33.